The highest BCUT2D eigenvalue weighted by atomic mass is 16.1. The number of benzene rings is 1. The lowest BCUT2D eigenvalue weighted by Crippen LogP contribution is -2.15. The van der Waals surface area contributed by atoms with Crippen LogP contribution in [-0.4, -0.2) is 12.5 Å². The minimum atomic E-state index is 0.0995. The Morgan fingerprint density at radius 1 is 1.32 bits per heavy atom. The van der Waals surface area contributed by atoms with E-state index in [9.17, 15) is 4.79 Å². The van der Waals surface area contributed by atoms with E-state index < -0.39 is 0 Å². The van der Waals surface area contributed by atoms with Crippen molar-refractivity contribution in [2.75, 3.05) is 11.9 Å². The third-order valence-corrected chi connectivity index (χ3v) is 3.59. The van der Waals surface area contributed by atoms with Gasteiger partial charge in [-0.05, 0) is 50.8 Å². The molecule has 1 atom stereocenters. The molecule has 0 aliphatic heterocycles. The van der Waals surface area contributed by atoms with Crippen LogP contribution in [0.4, 0.5) is 5.69 Å². The predicted molar refractivity (Wildman–Crippen MR) is 81.2 cm³/mol. The highest BCUT2D eigenvalue weighted by molar-refractivity contribution is 5.91. The van der Waals surface area contributed by atoms with Crippen molar-refractivity contribution in [1.82, 2.24) is 0 Å². The Bertz CT molecular complexity index is 415. The summed E-state index contributed by atoms with van der Waals surface area (Å²) in [7, 11) is 0. The van der Waals surface area contributed by atoms with Crippen molar-refractivity contribution >= 4 is 11.6 Å². The van der Waals surface area contributed by atoms with Crippen LogP contribution in [0.1, 0.15) is 43.7 Å². The van der Waals surface area contributed by atoms with Crippen LogP contribution in [0.3, 0.4) is 0 Å². The van der Waals surface area contributed by atoms with E-state index in [1.54, 1.807) is 0 Å². The van der Waals surface area contributed by atoms with Gasteiger partial charge in [0.05, 0.1) is 0 Å². The summed E-state index contributed by atoms with van der Waals surface area (Å²) in [6, 6.07) is 6.07. The Kier molecular flexibility index (Phi) is 6.57. The lowest BCUT2D eigenvalue weighted by atomic mass is 9.96. The van der Waals surface area contributed by atoms with Crippen LogP contribution in [0.25, 0.3) is 0 Å². The molecule has 0 aromatic heterocycles. The van der Waals surface area contributed by atoms with Crippen molar-refractivity contribution in [1.29, 1.82) is 0 Å². The molecule has 0 bridgehead atoms. The zero-order valence-corrected chi connectivity index (χ0v) is 12.3. The first-order valence-corrected chi connectivity index (χ1v) is 7.14. The maximum Gasteiger partial charge on any atom is 0.224 e. The molecule has 3 heteroatoms. The van der Waals surface area contributed by atoms with Crippen molar-refractivity contribution < 1.29 is 4.79 Å². The first kappa shape index (κ1) is 15.7. The van der Waals surface area contributed by atoms with E-state index in [0.717, 1.165) is 30.5 Å². The second-order valence-electron chi connectivity index (χ2n) is 5.26. The first-order chi connectivity index (χ1) is 9.06. The lowest BCUT2D eigenvalue weighted by Gasteiger charge is -2.14. The normalized spacial score (nSPS) is 12.2. The average molecular weight is 262 g/mol. The largest absolute Gasteiger partial charge is 0.330 e. The van der Waals surface area contributed by atoms with Gasteiger partial charge in [0, 0.05) is 12.1 Å². The standard InChI is InChI=1S/C16H26N2O/c1-4-14(9-10-17)6-8-16(19)18-15-7-5-12(2)11-13(15)3/h5,7,11,14H,4,6,8-10,17H2,1-3H3,(H,18,19). The molecule has 106 valence electrons. The molecule has 0 fully saturated rings. The van der Waals surface area contributed by atoms with Crippen molar-refractivity contribution in [3.8, 4) is 0 Å². The van der Waals surface area contributed by atoms with Gasteiger partial charge in [0.25, 0.3) is 0 Å². The van der Waals surface area contributed by atoms with Crippen LogP contribution in [0.15, 0.2) is 18.2 Å². The number of nitrogens with two attached hydrogens (primary N) is 1. The van der Waals surface area contributed by atoms with Crippen molar-refractivity contribution in [3.05, 3.63) is 29.3 Å². The van der Waals surface area contributed by atoms with Crippen LogP contribution in [0.2, 0.25) is 0 Å². The van der Waals surface area contributed by atoms with E-state index in [-0.39, 0.29) is 5.91 Å². The van der Waals surface area contributed by atoms with Gasteiger partial charge in [0.2, 0.25) is 5.91 Å². The number of nitrogens with one attached hydrogen (secondary N) is 1. The zero-order chi connectivity index (χ0) is 14.3. The number of carbonyl (C=O) groups is 1. The lowest BCUT2D eigenvalue weighted by molar-refractivity contribution is -0.116. The summed E-state index contributed by atoms with van der Waals surface area (Å²) < 4.78 is 0. The number of rotatable bonds is 7. The summed E-state index contributed by atoms with van der Waals surface area (Å²) in [6.07, 6.45) is 3.59. The second kappa shape index (κ2) is 7.95. The van der Waals surface area contributed by atoms with Gasteiger partial charge in [0.15, 0.2) is 0 Å². The van der Waals surface area contributed by atoms with E-state index in [2.05, 4.69) is 25.2 Å². The Hall–Kier alpha value is -1.35. The van der Waals surface area contributed by atoms with Gasteiger partial charge in [0.1, 0.15) is 0 Å². The van der Waals surface area contributed by atoms with Gasteiger partial charge in [-0.1, -0.05) is 31.0 Å². The number of carbonyl (C=O) groups excluding carboxylic acids is 1. The van der Waals surface area contributed by atoms with Gasteiger partial charge >= 0.3 is 0 Å². The van der Waals surface area contributed by atoms with E-state index in [0.29, 0.717) is 18.9 Å². The Balaban J connectivity index is 2.46. The number of amides is 1. The van der Waals surface area contributed by atoms with Crippen molar-refractivity contribution in [2.24, 2.45) is 11.7 Å². The Morgan fingerprint density at radius 2 is 2.05 bits per heavy atom. The zero-order valence-electron chi connectivity index (χ0n) is 12.3. The fourth-order valence-corrected chi connectivity index (χ4v) is 2.29. The van der Waals surface area contributed by atoms with Gasteiger partial charge in [-0.2, -0.15) is 0 Å². The summed E-state index contributed by atoms with van der Waals surface area (Å²) in [5.74, 6) is 0.664. The molecule has 1 unspecified atom stereocenters. The number of hydrogen-bond donors (Lipinski definition) is 2. The van der Waals surface area contributed by atoms with E-state index in [1.165, 1.54) is 5.56 Å². The quantitative estimate of drug-likeness (QED) is 0.791. The van der Waals surface area contributed by atoms with Crippen LogP contribution >= 0.6 is 0 Å². The van der Waals surface area contributed by atoms with E-state index in [1.807, 2.05) is 19.1 Å². The first-order valence-electron chi connectivity index (χ1n) is 7.14. The van der Waals surface area contributed by atoms with E-state index in [4.69, 9.17) is 5.73 Å². The van der Waals surface area contributed by atoms with Crippen LogP contribution in [0.5, 0.6) is 0 Å². The molecule has 1 aromatic rings. The van der Waals surface area contributed by atoms with Gasteiger partial charge in [-0.3, -0.25) is 4.79 Å². The molecule has 1 rings (SSSR count). The third kappa shape index (κ3) is 5.43. The molecule has 0 spiro atoms. The van der Waals surface area contributed by atoms with Crippen LogP contribution < -0.4 is 11.1 Å². The fraction of sp³-hybridized carbons (Fsp3) is 0.562. The van der Waals surface area contributed by atoms with E-state index >= 15 is 0 Å². The molecule has 0 heterocycles. The smallest absolute Gasteiger partial charge is 0.224 e. The second-order valence-corrected chi connectivity index (χ2v) is 5.26. The Morgan fingerprint density at radius 3 is 2.63 bits per heavy atom. The van der Waals surface area contributed by atoms with Crippen LogP contribution in [-0.2, 0) is 4.79 Å². The third-order valence-electron chi connectivity index (χ3n) is 3.59. The molecular formula is C16H26N2O. The van der Waals surface area contributed by atoms with Crippen molar-refractivity contribution in [3.63, 3.8) is 0 Å². The minimum absolute atomic E-state index is 0.0995. The predicted octanol–water partition coefficient (Wildman–Crippen LogP) is 3.40. The SMILES string of the molecule is CCC(CCN)CCC(=O)Nc1ccc(C)cc1C. The maximum absolute atomic E-state index is 11.9. The molecule has 1 amide bonds. The molecule has 0 radical (unpaired) electrons. The van der Waals surface area contributed by atoms with Gasteiger partial charge < -0.3 is 11.1 Å². The molecule has 0 aliphatic rings. The fourth-order valence-electron chi connectivity index (χ4n) is 2.29. The van der Waals surface area contributed by atoms with Crippen LogP contribution in [0, 0.1) is 19.8 Å². The molecule has 19 heavy (non-hydrogen) atoms. The molecule has 3 nitrogen and oxygen atoms in total. The summed E-state index contributed by atoms with van der Waals surface area (Å²) >= 11 is 0. The summed E-state index contributed by atoms with van der Waals surface area (Å²) in [5.41, 5.74) is 8.81. The number of aryl methyl sites for hydroxylation is 2. The summed E-state index contributed by atoms with van der Waals surface area (Å²) in [6.45, 7) is 6.93. The highest BCUT2D eigenvalue weighted by Crippen LogP contribution is 2.18. The van der Waals surface area contributed by atoms with Gasteiger partial charge in [-0.25, -0.2) is 0 Å². The number of hydrogen-bond acceptors (Lipinski definition) is 2. The molecule has 0 aliphatic carbocycles. The number of anilines is 1. The average Bonchev–Trinajstić information content (AvgIpc) is 2.38. The van der Waals surface area contributed by atoms with Gasteiger partial charge in [-0.15, -0.1) is 0 Å². The molecule has 0 saturated heterocycles. The highest BCUT2D eigenvalue weighted by Gasteiger charge is 2.10. The topological polar surface area (TPSA) is 55.1 Å². The Labute approximate surface area is 116 Å². The minimum Gasteiger partial charge on any atom is -0.330 e. The maximum atomic E-state index is 11.9. The summed E-state index contributed by atoms with van der Waals surface area (Å²) in [5, 5.41) is 2.99. The van der Waals surface area contributed by atoms with Crippen molar-refractivity contribution in [2.45, 2.75) is 46.5 Å². The monoisotopic (exact) mass is 262 g/mol. The molecule has 0 saturated carbocycles. The summed E-state index contributed by atoms with van der Waals surface area (Å²) in [4.78, 5) is 11.9. The molecular weight excluding hydrogens is 236 g/mol. The molecule has 1 aromatic carbocycles. The molecule has 3 N–H and O–H groups in total.